The molecule has 4 nitrogen and oxygen atoms in total. The van der Waals surface area contributed by atoms with Crippen LogP contribution >= 0.6 is 0 Å². The van der Waals surface area contributed by atoms with E-state index in [2.05, 4.69) is 0 Å². The molecule has 0 unspecified atom stereocenters. The highest BCUT2D eigenvalue weighted by molar-refractivity contribution is 5.75. The van der Waals surface area contributed by atoms with Crippen LogP contribution in [0.25, 0.3) is 0 Å². The molecule has 1 aromatic carbocycles. The Balaban J connectivity index is 2.32. The van der Waals surface area contributed by atoms with E-state index in [1.165, 1.54) is 6.07 Å². The third-order valence-electron chi connectivity index (χ3n) is 2.12. The number of benzene rings is 1. The molecule has 1 aromatic rings. The van der Waals surface area contributed by atoms with Gasteiger partial charge in [0.1, 0.15) is 11.6 Å². The Morgan fingerprint density at radius 3 is 2.94 bits per heavy atom. The molecule has 16 heavy (non-hydrogen) atoms. The summed E-state index contributed by atoms with van der Waals surface area (Å²) in [6.07, 6.45) is 0.837. The molecular formula is C11H15FN2O2. The van der Waals surface area contributed by atoms with Crippen LogP contribution < -0.4 is 16.0 Å². The van der Waals surface area contributed by atoms with E-state index >= 15 is 0 Å². The molecule has 0 bridgehead atoms. The van der Waals surface area contributed by atoms with E-state index in [4.69, 9.17) is 10.6 Å². The number of hydrogen-bond acceptors (Lipinski definition) is 3. The Morgan fingerprint density at radius 2 is 2.31 bits per heavy atom. The van der Waals surface area contributed by atoms with Crippen molar-refractivity contribution in [2.45, 2.75) is 19.8 Å². The van der Waals surface area contributed by atoms with Gasteiger partial charge in [0.05, 0.1) is 6.61 Å². The van der Waals surface area contributed by atoms with Crippen molar-refractivity contribution in [2.75, 3.05) is 6.61 Å². The van der Waals surface area contributed by atoms with Crippen LogP contribution in [0.5, 0.6) is 5.75 Å². The molecule has 88 valence electrons. The van der Waals surface area contributed by atoms with E-state index in [-0.39, 0.29) is 11.7 Å². The Hall–Kier alpha value is -1.62. The fourth-order valence-corrected chi connectivity index (χ4v) is 1.16. The van der Waals surface area contributed by atoms with Gasteiger partial charge in [-0.2, -0.15) is 0 Å². The first kappa shape index (κ1) is 12.4. The fraction of sp³-hybridized carbons (Fsp3) is 0.364. The molecule has 0 fully saturated rings. The molecular weight excluding hydrogens is 211 g/mol. The van der Waals surface area contributed by atoms with Crippen LogP contribution in [0, 0.1) is 12.7 Å². The average Bonchev–Trinajstić information content (AvgIpc) is 2.28. The Labute approximate surface area is 93.6 Å². The number of ether oxygens (including phenoxy) is 1. The molecule has 5 heteroatoms. The minimum absolute atomic E-state index is 0.237. The maximum Gasteiger partial charge on any atom is 0.234 e. The number of halogens is 1. The van der Waals surface area contributed by atoms with Crippen LogP contribution in [-0.2, 0) is 4.79 Å². The number of hydrogen-bond donors (Lipinski definition) is 2. The van der Waals surface area contributed by atoms with Crippen LogP contribution in [0.3, 0.4) is 0 Å². The van der Waals surface area contributed by atoms with Gasteiger partial charge in [0.2, 0.25) is 5.91 Å². The summed E-state index contributed by atoms with van der Waals surface area (Å²) < 4.78 is 18.4. The first-order valence-corrected chi connectivity index (χ1v) is 5.02. The van der Waals surface area contributed by atoms with Gasteiger partial charge in [-0.3, -0.25) is 10.2 Å². The quantitative estimate of drug-likeness (QED) is 0.344. The van der Waals surface area contributed by atoms with Crippen molar-refractivity contribution in [1.29, 1.82) is 0 Å². The number of hydrazine groups is 1. The van der Waals surface area contributed by atoms with E-state index in [1.54, 1.807) is 19.1 Å². The summed E-state index contributed by atoms with van der Waals surface area (Å²) >= 11 is 0. The van der Waals surface area contributed by atoms with E-state index in [1.807, 2.05) is 5.43 Å². The minimum Gasteiger partial charge on any atom is -0.493 e. The van der Waals surface area contributed by atoms with Crippen molar-refractivity contribution in [3.05, 3.63) is 29.6 Å². The summed E-state index contributed by atoms with van der Waals surface area (Å²) in [5.74, 6) is 4.85. The maximum absolute atomic E-state index is 13.1. The lowest BCUT2D eigenvalue weighted by atomic mass is 10.2. The zero-order chi connectivity index (χ0) is 12.0. The molecule has 0 heterocycles. The molecule has 0 aliphatic carbocycles. The third-order valence-corrected chi connectivity index (χ3v) is 2.12. The summed E-state index contributed by atoms with van der Waals surface area (Å²) in [5.41, 5.74) is 2.60. The van der Waals surface area contributed by atoms with E-state index in [0.29, 0.717) is 30.8 Å². The Kier molecular flexibility index (Phi) is 4.72. The number of nitrogens with two attached hydrogens (primary N) is 1. The van der Waals surface area contributed by atoms with Crippen LogP contribution in [0.4, 0.5) is 4.39 Å². The number of carbonyl (C=O) groups is 1. The highest BCUT2D eigenvalue weighted by Gasteiger charge is 2.01. The zero-order valence-electron chi connectivity index (χ0n) is 9.13. The van der Waals surface area contributed by atoms with E-state index in [0.717, 1.165) is 0 Å². The molecule has 1 amide bonds. The molecule has 0 aromatic heterocycles. The van der Waals surface area contributed by atoms with E-state index in [9.17, 15) is 9.18 Å². The smallest absolute Gasteiger partial charge is 0.234 e. The van der Waals surface area contributed by atoms with Crippen LogP contribution in [0.15, 0.2) is 18.2 Å². The van der Waals surface area contributed by atoms with Crippen LogP contribution in [-0.4, -0.2) is 12.5 Å². The lowest BCUT2D eigenvalue weighted by Crippen LogP contribution is -2.29. The van der Waals surface area contributed by atoms with Crippen LogP contribution in [0.1, 0.15) is 18.4 Å². The van der Waals surface area contributed by atoms with Gasteiger partial charge >= 0.3 is 0 Å². The number of nitrogens with one attached hydrogen (secondary N) is 1. The van der Waals surface area contributed by atoms with E-state index < -0.39 is 0 Å². The lowest BCUT2D eigenvalue weighted by molar-refractivity contribution is -0.121. The van der Waals surface area contributed by atoms with Gasteiger partial charge in [0.15, 0.2) is 0 Å². The van der Waals surface area contributed by atoms with Crippen molar-refractivity contribution < 1.29 is 13.9 Å². The summed E-state index contributed by atoms with van der Waals surface area (Å²) in [6, 6.07) is 4.68. The van der Waals surface area contributed by atoms with Crippen molar-refractivity contribution in [3.63, 3.8) is 0 Å². The van der Waals surface area contributed by atoms with Gasteiger partial charge in [-0.15, -0.1) is 0 Å². The largest absolute Gasteiger partial charge is 0.493 e. The summed E-state index contributed by atoms with van der Waals surface area (Å²) in [7, 11) is 0. The molecule has 0 aliphatic rings. The maximum atomic E-state index is 13.1. The predicted molar refractivity (Wildman–Crippen MR) is 58.2 cm³/mol. The number of aryl methyl sites for hydroxylation is 1. The second kappa shape index (κ2) is 6.07. The molecule has 1 rings (SSSR count). The molecule has 0 atom stereocenters. The van der Waals surface area contributed by atoms with Gasteiger partial charge in [0.25, 0.3) is 0 Å². The number of rotatable bonds is 5. The fourth-order valence-electron chi connectivity index (χ4n) is 1.16. The van der Waals surface area contributed by atoms with Gasteiger partial charge < -0.3 is 4.74 Å². The first-order valence-electron chi connectivity index (χ1n) is 5.02. The molecule has 0 radical (unpaired) electrons. The lowest BCUT2D eigenvalue weighted by Gasteiger charge is -2.06. The summed E-state index contributed by atoms with van der Waals surface area (Å²) in [4.78, 5) is 10.8. The Bertz CT molecular complexity index is 369. The second-order valence-corrected chi connectivity index (χ2v) is 3.43. The molecule has 0 aliphatic heterocycles. The van der Waals surface area contributed by atoms with Gasteiger partial charge in [0, 0.05) is 12.5 Å². The van der Waals surface area contributed by atoms with Gasteiger partial charge in [-0.05, 0) is 25.0 Å². The first-order chi connectivity index (χ1) is 7.63. The molecule has 3 N–H and O–H groups in total. The van der Waals surface area contributed by atoms with Gasteiger partial charge in [-0.1, -0.05) is 6.07 Å². The summed E-state index contributed by atoms with van der Waals surface area (Å²) in [6.45, 7) is 2.04. The van der Waals surface area contributed by atoms with Crippen molar-refractivity contribution in [2.24, 2.45) is 5.84 Å². The number of amides is 1. The monoisotopic (exact) mass is 226 g/mol. The third kappa shape index (κ3) is 3.86. The van der Waals surface area contributed by atoms with Crippen LogP contribution in [0.2, 0.25) is 0 Å². The minimum atomic E-state index is -0.294. The number of carbonyl (C=O) groups excluding carboxylic acids is 1. The predicted octanol–water partition coefficient (Wildman–Crippen LogP) is 1.28. The second-order valence-electron chi connectivity index (χ2n) is 3.43. The highest BCUT2D eigenvalue weighted by Crippen LogP contribution is 2.15. The standard InChI is InChI=1S/C11H15FN2O2/c1-8-4-5-9(7-10(8)12)16-6-2-3-11(15)14-13/h4-5,7H,2-3,6,13H2,1H3,(H,14,15). The highest BCUT2D eigenvalue weighted by atomic mass is 19.1. The normalized spacial score (nSPS) is 9.94. The van der Waals surface area contributed by atoms with Crippen molar-refractivity contribution in [1.82, 2.24) is 5.43 Å². The average molecular weight is 226 g/mol. The molecule has 0 saturated carbocycles. The summed E-state index contributed by atoms with van der Waals surface area (Å²) in [5, 5.41) is 0. The topological polar surface area (TPSA) is 64.3 Å². The zero-order valence-corrected chi connectivity index (χ0v) is 9.13. The molecule has 0 spiro atoms. The SMILES string of the molecule is Cc1ccc(OCCCC(=O)NN)cc1F. The molecule has 0 saturated heterocycles. The van der Waals surface area contributed by atoms with Gasteiger partial charge in [-0.25, -0.2) is 10.2 Å². The Morgan fingerprint density at radius 1 is 1.56 bits per heavy atom. The van der Waals surface area contributed by atoms with Crippen molar-refractivity contribution in [3.8, 4) is 5.75 Å². The van der Waals surface area contributed by atoms with Crippen molar-refractivity contribution >= 4 is 5.91 Å².